The molecule has 0 aliphatic carbocycles. The number of nitrogens with two attached hydrogens (primary N) is 1. The monoisotopic (exact) mass is 269 g/mol. The lowest BCUT2D eigenvalue weighted by atomic mass is 10.3. The van der Waals surface area contributed by atoms with Crippen LogP contribution in [0.15, 0.2) is 40.9 Å². The van der Waals surface area contributed by atoms with Gasteiger partial charge in [0, 0.05) is 16.8 Å². The first-order chi connectivity index (χ1) is 8.05. The Morgan fingerprint density at radius 2 is 2.00 bits per heavy atom. The van der Waals surface area contributed by atoms with Crippen LogP contribution in [0.5, 0.6) is 0 Å². The Balaban J connectivity index is 2.04. The maximum Gasteiger partial charge on any atom is 0.238 e. The van der Waals surface area contributed by atoms with Gasteiger partial charge in [0.15, 0.2) is 0 Å². The smallest absolute Gasteiger partial charge is 0.238 e. The van der Waals surface area contributed by atoms with Crippen molar-refractivity contribution in [3.8, 4) is 0 Å². The number of thiazole rings is 1. The second-order valence-electron chi connectivity index (χ2n) is 3.39. The number of hydrogen-bond donors (Lipinski definition) is 2. The van der Waals surface area contributed by atoms with Crippen molar-refractivity contribution in [2.24, 2.45) is 5.14 Å². The molecule has 0 aliphatic heterocycles. The molecular formula is C10H11N3O2S2. The van der Waals surface area contributed by atoms with E-state index in [0.717, 1.165) is 10.6 Å². The van der Waals surface area contributed by atoms with Gasteiger partial charge < -0.3 is 5.32 Å². The van der Waals surface area contributed by atoms with E-state index in [2.05, 4.69) is 10.3 Å². The van der Waals surface area contributed by atoms with Gasteiger partial charge in [-0.05, 0) is 24.3 Å². The first kappa shape index (κ1) is 12.0. The number of rotatable bonds is 4. The number of sulfonamides is 1. The van der Waals surface area contributed by atoms with Crippen LogP contribution in [-0.2, 0) is 16.6 Å². The Kier molecular flexibility index (Phi) is 3.41. The minimum atomic E-state index is -3.61. The van der Waals surface area contributed by atoms with Crippen molar-refractivity contribution in [2.45, 2.75) is 11.4 Å². The highest BCUT2D eigenvalue weighted by atomic mass is 32.2. The molecule has 0 unspecified atom stereocenters. The molecule has 0 fully saturated rings. The van der Waals surface area contributed by atoms with Crippen LogP contribution in [-0.4, -0.2) is 13.4 Å². The quantitative estimate of drug-likeness (QED) is 0.878. The first-order valence-electron chi connectivity index (χ1n) is 4.80. The average Bonchev–Trinajstić information content (AvgIpc) is 2.78. The summed E-state index contributed by atoms with van der Waals surface area (Å²) in [5.74, 6) is 0. The van der Waals surface area contributed by atoms with E-state index in [1.54, 1.807) is 35.2 Å². The summed E-state index contributed by atoms with van der Waals surface area (Å²) >= 11 is 1.56. The molecule has 5 nitrogen and oxygen atoms in total. The Labute approximate surface area is 103 Å². The lowest BCUT2D eigenvalue weighted by molar-refractivity contribution is 0.598. The van der Waals surface area contributed by atoms with Gasteiger partial charge in [-0.1, -0.05) is 0 Å². The molecule has 0 aliphatic rings. The second-order valence-corrected chi connectivity index (χ2v) is 5.92. The van der Waals surface area contributed by atoms with Crippen molar-refractivity contribution >= 4 is 27.0 Å². The molecule has 1 aromatic carbocycles. The third kappa shape index (κ3) is 3.26. The standard InChI is InChI=1S/C10H11N3O2S2/c11-17(14,15)10-3-1-8(2-4-10)13-6-9-5-12-7-16-9/h1-5,7,13H,6H2,(H2,11,14,15). The average molecular weight is 269 g/mol. The number of nitrogens with one attached hydrogen (secondary N) is 1. The van der Waals surface area contributed by atoms with Crippen LogP contribution in [0.3, 0.4) is 0 Å². The fourth-order valence-electron chi connectivity index (χ4n) is 1.28. The molecule has 90 valence electrons. The van der Waals surface area contributed by atoms with Gasteiger partial charge in [0.05, 0.1) is 17.0 Å². The van der Waals surface area contributed by atoms with E-state index in [-0.39, 0.29) is 4.90 Å². The molecule has 0 amide bonds. The van der Waals surface area contributed by atoms with Crippen LogP contribution >= 0.6 is 11.3 Å². The number of anilines is 1. The normalized spacial score (nSPS) is 11.4. The van der Waals surface area contributed by atoms with Crippen LogP contribution in [0.2, 0.25) is 0 Å². The van der Waals surface area contributed by atoms with Gasteiger partial charge in [-0.15, -0.1) is 11.3 Å². The third-order valence-corrected chi connectivity index (χ3v) is 3.84. The molecular weight excluding hydrogens is 258 g/mol. The number of benzene rings is 1. The van der Waals surface area contributed by atoms with E-state index >= 15 is 0 Å². The molecule has 0 saturated heterocycles. The zero-order chi connectivity index (χ0) is 12.3. The van der Waals surface area contributed by atoms with Gasteiger partial charge in [-0.3, -0.25) is 4.98 Å². The van der Waals surface area contributed by atoms with E-state index < -0.39 is 10.0 Å². The summed E-state index contributed by atoms with van der Waals surface area (Å²) in [6.45, 7) is 0.666. The van der Waals surface area contributed by atoms with Crippen molar-refractivity contribution in [1.29, 1.82) is 0 Å². The van der Waals surface area contributed by atoms with Gasteiger partial charge in [0.2, 0.25) is 10.0 Å². The largest absolute Gasteiger partial charge is 0.380 e. The van der Waals surface area contributed by atoms with Gasteiger partial charge in [-0.25, -0.2) is 13.6 Å². The Morgan fingerprint density at radius 3 is 2.53 bits per heavy atom. The van der Waals surface area contributed by atoms with Crippen LogP contribution < -0.4 is 10.5 Å². The van der Waals surface area contributed by atoms with Crippen molar-refractivity contribution in [3.05, 3.63) is 40.8 Å². The molecule has 3 N–H and O–H groups in total. The lowest BCUT2D eigenvalue weighted by Crippen LogP contribution is -2.11. The number of aromatic nitrogens is 1. The van der Waals surface area contributed by atoms with Crippen molar-refractivity contribution in [2.75, 3.05) is 5.32 Å². The minimum Gasteiger partial charge on any atom is -0.380 e. The summed E-state index contributed by atoms with van der Waals surface area (Å²) in [7, 11) is -3.61. The highest BCUT2D eigenvalue weighted by molar-refractivity contribution is 7.89. The van der Waals surface area contributed by atoms with Gasteiger partial charge >= 0.3 is 0 Å². The predicted molar refractivity (Wildman–Crippen MR) is 67.3 cm³/mol. The summed E-state index contributed by atoms with van der Waals surface area (Å²) in [6.07, 6.45) is 1.79. The molecule has 0 spiro atoms. The lowest BCUT2D eigenvalue weighted by Gasteiger charge is -2.05. The molecule has 2 rings (SSSR count). The first-order valence-corrected chi connectivity index (χ1v) is 7.22. The van der Waals surface area contributed by atoms with Crippen molar-refractivity contribution in [3.63, 3.8) is 0 Å². The molecule has 0 saturated carbocycles. The number of nitrogens with zero attached hydrogens (tertiary/aromatic N) is 1. The maximum absolute atomic E-state index is 11.0. The topological polar surface area (TPSA) is 85.1 Å². The molecule has 0 radical (unpaired) electrons. The van der Waals surface area contributed by atoms with E-state index in [1.165, 1.54) is 12.1 Å². The molecule has 17 heavy (non-hydrogen) atoms. The summed E-state index contributed by atoms with van der Waals surface area (Å²) in [5.41, 5.74) is 2.60. The highest BCUT2D eigenvalue weighted by Gasteiger charge is 2.06. The van der Waals surface area contributed by atoms with E-state index in [0.29, 0.717) is 6.54 Å². The van der Waals surface area contributed by atoms with E-state index in [9.17, 15) is 8.42 Å². The van der Waals surface area contributed by atoms with Crippen molar-refractivity contribution in [1.82, 2.24) is 4.98 Å². The fourth-order valence-corrected chi connectivity index (χ4v) is 2.33. The van der Waals surface area contributed by atoms with Crippen LogP contribution in [0.4, 0.5) is 5.69 Å². The van der Waals surface area contributed by atoms with Gasteiger partial charge in [0.1, 0.15) is 0 Å². The predicted octanol–water partition coefficient (Wildman–Crippen LogP) is 1.40. The summed E-state index contributed by atoms with van der Waals surface area (Å²) in [5, 5.41) is 8.16. The SMILES string of the molecule is NS(=O)(=O)c1ccc(NCc2cncs2)cc1. The van der Waals surface area contributed by atoms with Gasteiger partial charge in [-0.2, -0.15) is 0 Å². The van der Waals surface area contributed by atoms with Gasteiger partial charge in [0.25, 0.3) is 0 Å². The fraction of sp³-hybridized carbons (Fsp3) is 0.100. The zero-order valence-electron chi connectivity index (χ0n) is 8.83. The Hall–Kier alpha value is -1.44. The molecule has 1 aromatic heterocycles. The van der Waals surface area contributed by atoms with E-state index in [1.807, 2.05) is 0 Å². The number of primary sulfonamides is 1. The number of hydrogen-bond acceptors (Lipinski definition) is 5. The third-order valence-electron chi connectivity index (χ3n) is 2.13. The summed E-state index contributed by atoms with van der Waals surface area (Å²) < 4.78 is 22.1. The summed E-state index contributed by atoms with van der Waals surface area (Å²) in [6, 6.07) is 6.32. The van der Waals surface area contributed by atoms with Crippen molar-refractivity contribution < 1.29 is 8.42 Å². The molecule has 0 bridgehead atoms. The second kappa shape index (κ2) is 4.82. The minimum absolute atomic E-state index is 0.112. The van der Waals surface area contributed by atoms with Crippen LogP contribution in [0.1, 0.15) is 4.88 Å². The Morgan fingerprint density at radius 1 is 1.29 bits per heavy atom. The molecule has 2 aromatic rings. The van der Waals surface area contributed by atoms with E-state index in [4.69, 9.17) is 5.14 Å². The maximum atomic E-state index is 11.0. The zero-order valence-corrected chi connectivity index (χ0v) is 10.5. The molecule has 1 heterocycles. The molecule has 7 heteroatoms. The molecule has 0 atom stereocenters. The highest BCUT2D eigenvalue weighted by Crippen LogP contribution is 2.14. The summed E-state index contributed by atoms with van der Waals surface area (Å²) in [4.78, 5) is 5.19. The van der Waals surface area contributed by atoms with Crippen LogP contribution in [0.25, 0.3) is 0 Å². The van der Waals surface area contributed by atoms with Crippen LogP contribution in [0, 0.1) is 0 Å². The Bertz CT molecular complexity index is 577.